The van der Waals surface area contributed by atoms with Crippen molar-refractivity contribution in [2.45, 2.75) is 51.4 Å². The number of thiophene rings is 1. The Kier molecular flexibility index (Phi) is 5.21. The van der Waals surface area contributed by atoms with Crippen molar-refractivity contribution in [2.75, 3.05) is 0 Å². The van der Waals surface area contributed by atoms with Crippen LogP contribution in [0.15, 0.2) is 54.6 Å². The topological polar surface area (TPSA) is 0 Å². The Labute approximate surface area is 159 Å². The van der Waals surface area contributed by atoms with E-state index in [2.05, 4.69) is 43.3 Å². The molecule has 1 aliphatic carbocycles. The lowest BCUT2D eigenvalue weighted by Crippen LogP contribution is -1.87. The second kappa shape index (κ2) is 7.75. The van der Waals surface area contributed by atoms with Crippen molar-refractivity contribution in [3.05, 3.63) is 70.9 Å². The summed E-state index contributed by atoms with van der Waals surface area (Å²) >= 11 is 1.77. The Morgan fingerprint density at radius 3 is 2.35 bits per heavy atom. The summed E-state index contributed by atoms with van der Waals surface area (Å²) in [5.41, 5.74) is 4.09. The van der Waals surface area contributed by atoms with Crippen molar-refractivity contribution in [3.8, 4) is 21.6 Å². The van der Waals surface area contributed by atoms with Gasteiger partial charge in [-0.1, -0.05) is 56.5 Å². The Bertz CT molecular complexity index is 869. The number of benzene rings is 2. The summed E-state index contributed by atoms with van der Waals surface area (Å²) in [6, 6.07) is 18.5. The van der Waals surface area contributed by atoms with E-state index in [0.29, 0.717) is 5.92 Å². The largest absolute Gasteiger partial charge is 0.206 e. The van der Waals surface area contributed by atoms with Gasteiger partial charge in [-0.15, -0.1) is 11.3 Å². The predicted octanol–water partition coefficient (Wildman–Crippen LogP) is 7.83. The van der Waals surface area contributed by atoms with Crippen molar-refractivity contribution in [1.29, 1.82) is 0 Å². The van der Waals surface area contributed by atoms with Crippen LogP contribution in [-0.2, 0) is 6.42 Å². The predicted molar refractivity (Wildman–Crippen MR) is 110 cm³/mol. The van der Waals surface area contributed by atoms with E-state index in [-0.39, 0.29) is 5.82 Å². The second-order valence-corrected chi connectivity index (χ2v) is 8.44. The standard InChI is InChI=1S/C24H25FS/c1-2-5-17-8-10-18(11-9-17)20-12-13-21(22(25)16-20)24-15-14-23(26-24)19-6-3-4-7-19/h8-16,19H,2-7H2,1H3. The van der Waals surface area contributed by atoms with E-state index < -0.39 is 0 Å². The molecule has 26 heavy (non-hydrogen) atoms. The van der Waals surface area contributed by atoms with E-state index in [9.17, 15) is 4.39 Å². The first-order valence-electron chi connectivity index (χ1n) is 9.73. The molecule has 1 heterocycles. The van der Waals surface area contributed by atoms with Gasteiger partial charge in [-0.25, -0.2) is 4.39 Å². The summed E-state index contributed by atoms with van der Waals surface area (Å²) in [6.45, 7) is 2.19. The van der Waals surface area contributed by atoms with Crippen LogP contribution < -0.4 is 0 Å². The van der Waals surface area contributed by atoms with Gasteiger partial charge in [0, 0.05) is 15.3 Å². The Morgan fingerprint density at radius 2 is 1.65 bits per heavy atom. The average molecular weight is 365 g/mol. The molecule has 134 valence electrons. The minimum absolute atomic E-state index is 0.125. The van der Waals surface area contributed by atoms with Gasteiger partial charge in [0.25, 0.3) is 0 Å². The van der Waals surface area contributed by atoms with E-state index in [1.165, 1.54) is 36.1 Å². The quantitative estimate of drug-likeness (QED) is 0.433. The lowest BCUT2D eigenvalue weighted by Gasteiger charge is -2.07. The number of hydrogen-bond donors (Lipinski definition) is 0. The van der Waals surface area contributed by atoms with Crippen LogP contribution in [0.4, 0.5) is 4.39 Å². The maximum Gasteiger partial charge on any atom is 0.132 e. The maximum absolute atomic E-state index is 14.8. The van der Waals surface area contributed by atoms with Gasteiger partial charge in [0.2, 0.25) is 0 Å². The van der Waals surface area contributed by atoms with Crippen molar-refractivity contribution >= 4 is 11.3 Å². The molecule has 0 atom stereocenters. The fraction of sp³-hybridized carbons (Fsp3) is 0.333. The number of hydrogen-bond acceptors (Lipinski definition) is 1. The van der Waals surface area contributed by atoms with Gasteiger partial charge in [-0.3, -0.25) is 0 Å². The van der Waals surface area contributed by atoms with Crippen molar-refractivity contribution in [1.82, 2.24) is 0 Å². The maximum atomic E-state index is 14.8. The first-order chi connectivity index (χ1) is 12.7. The average Bonchev–Trinajstić information content (AvgIpc) is 3.34. The molecular weight excluding hydrogens is 339 g/mol. The molecule has 0 nitrogen and oxygen atoms in total. The van der Waals surface area contributed by atoms with Gasteiger partial charge >= 0.3 is 0 Å². The number of halogens is 1. The smallest absolute Gasteiger partial charge is 0.132 e. The third kappa shape index (κ3) is 3.61. The van der Waals surface area contributed by atoms with Gasteiger partial charge in [0.05, 0.1) is 0 Å². The molecule has 0 N–H and O–H groups in total. The van der Waals surface area contributed by atoms with Crippen molar-refractivity contribution < 1.29 is 4.39 Å². The molecule has 0 saturated heterocycles. The van der Waals surface area contributed by atoms with Gasteiger partial charge < -0.3 is 0 Å². The Morgan fingerprint density at radius 1 is 0.923 bits per heavy atom. The zero-order chi connectivity index (χ0) is 17.9. The van der Waals surface area contributed by atoms with Crippen LogP contribution >= 0.6 is 11.3 Å². The minimum Gasteiger partial charge on any atom is -0.206 e. The second-order valence-electron chi connectivity index (χ2n) is 7.32. The molecule has 1 fully saturated rings. The molecule has 0 amide bonds. The van der Waals surface area contributed by atoms with E-state index in [1.807, 2.05) is 12.1 Å². The number of aryl methyl sites for hydroxylation is 1. The van der Waals surface area contributed by atoms with Crippen LogP contribution in [-0.4, -0.2) is 0 Å². The summed E-state index contributed by atoms with van der Waals surface area (Å²) in [5, 5.41) is 0. The van der Waals surface area contributed by atoms with E-state index in [1.54, 1.807) is 17.4 Å². The summed E-state index contributed by atoms with van der Waals surface area (Å²) in [7, 11) is 0. The molecule has 1 aromatic heterocycles. The molecule has 1 aliphatic rings. The third-order valence-electron chi connectivity index (χ3n) is 5.44. The van der Waals surface area contributed by atoms with Crippen LogP contribution in [0.25, 0.3) is 21.6 Å². The molecule has 0 aliphatic heterocycles. The normalized spacial score (nSPS) is 14.8. The molecule has 1 saturated carbocycles. The highest BCUT2D eigenvalue weighted by molar-refractivity contribution is 7.15. The Balaban J connectivity index is 1.57. The van der Waals surface area contributed by atoms with Crippen LogP contribution in [0, 0.1) is 5.82 Å². The fourth-order valence-electron chi connectivity index (χ4n) is 3.97. The molecule has 0 unspecified atom stereocenters. The molecule has 0 bridgehead atoms. The van der Waals surface area contributed by atoms with Crippen LogP contribution in [0.3, 0.4) is 0 Å². The monoisotopic (exact) mass is 364 g/mol. The lowest BCUT2D eigenvalue weighted by atomic mass is 10.0. The van der Waals surface area contributed by atoms with Crippen LogP contribution in [0.2, 0.25) is 0 Å². The molecule has 0 spiro atoms. The van der Waals surface area contributed by atoms with Gasteiger partial charge in [0.1, 0.15) is 5.82 Å². The Hall–Kier alpha value is -1.93. The number of rotatable bonds is 5. The highest BCUT2D eigenvalue weighted by Crippen LogP contribution is 2.41. The highest BCUT2D eigenvalue weighted by Gasteiger charge is 2.19. The summed E-state index contributed by atoms with van der Waals surface area (Å²) in [6.07, 6.45) is 7.47. The minimum atomic E-state index is -0.125. The van der Waals surface area contributed by atoms with Gasteiger partial charge in [0.15, 0.2) is 0 Å². The SMILES string of the molecule is CCCc1ccc(-c2ccc(-c3ccc(C4CCCC4)s3)c(F)c2)cc1. The molecule has 0 radical (unpaired) electrons. The van der Waals surface area contributed by atoms with Crippen molar-refractivity contribution in [2.24, 2.45) is 0 Å². The van der Waals surface area contributed by atoms with E-state index in [4.69, 9.17) is 0 Å². The van der Waals surface area contributed by atoms with Crippen LogP contribution in [0.1, 0.15) is 55.4 Å². The van der Waals surface area contributed by atoms with Crippen molar-refractivity contribution in [3.63, 3.8) is 0 Å². The summed E-state index contributed by atoms with van der Waals surface area (Å²) in [5.74, 6) is 0.567. The third-order valence-corrected chi connectivity index (χ3v) is 6.73. The van der Waals surface area contributed by atoms with Gasteiger partial charge in [-0.05, 0) is 66.1 Å². The van der Waals surface area contributed by atoms with E-state index in [0.717, 1.165) is 34.4 Å². The van der Waals surface area contributed by atoms with Crippen LogP contribution in [0.5, 0.6) is 0 Å². The highest BCUT2D eigenvalue weighted by atomic mass is 32.1. The molecule has 2 heteroatoms. The molecular formula is C24H25FS. The molecule has 2 aromatic carbocycles. The first kappa shape index (κ1) is 17.5. The zero-order valence-corrected chi connectivity index (χ0v) is 16.1. The zero-order valence-electron chi connectivity index (χ0n) is 15.3. The van der Waals surface area contributed by atoms with E-state index >= 15 is 0 Å². The first-order valence-corrected chi connectivity index (χ1v) is 10.5. The fourth-order valence-corrected chi connectivity index (χ4v) is 5.18. The molecule has 4 rings (SSSR count). The van der Waals surface area contributed by atoms with Gasteiger partial charge in [-0.2, -0.15) is 0 Å². The molecule has 3 aromatic rings. The lowest BCUT2D eigenvalue weighted by molar-refractivity contribution is 0.632. The summed E-state index contributed by atoms with van der Waals surface area (Å²) in [4.78, 5) is 2.47. The summed E-state index contributed by atoms with van der Waals surface area (Å²) < 4.78 is 14.8.